The molecule has 0 radical (unpaired) electrons. The van der Waals surface area contributed by atoms with E-state index in [2.05, 4.69) is 19.6 Å². The fourth-order valence-corrected chi connectivity index (χ4v) is 4.82. The first-order valence-corrected chi connectivity index (χ1v) is 15.0. The Hall–Kier alpha value is -0.00312. The smallest absolute Gasteiger partial charge is 0.264 e. The van der Waals surface area contributed by atoms with Crippen molar-refractivity contribution in [2.75, 3.05) is 38.9 Å². The molecule has 0 aromatic rings. The molecule has 1 heterocycles. The van der Waals surface area contributed by atoms with Crippen LogP contribution in [0.4, 0.5) is 0 Å². The molecule has 10 heteroatoms. The molecule has 1 aliphatic heterocycles. The molecular formula is C13H29NO6S2Si. The van der Waals surface area contributed by atoms with Crippen molar-refractivity contribution in [3.63, 3.8) is 0 Å². The Labute approximate surface area is 141 Å². The van der Waals surface area contributed by atoms with Crippen LogP contribution >= 0.6 is 0 Å². The summed E-state index contributed by atoms with van der Waals surface area (Å²) in [6, 6.07) is 0.612. The van der Waals surface area contributed by atoms with E-state index in [1.807, 2.05) is 0 Å². The van der Waals surface area contributed by atoms with Crippen molar-refractivity contribution in [2.24, 2.45) is 5.92 Å². The van der Waals surface area contributed by atoms with Crippen LogP contribution in [0.25, 0.3) is 0 Å². The van der Waals surface area contributed by atoms with E-state index < -0.39 is 34.3 Å². The number of ether oxygens (including phenoxy) is 1. The lowest BCUT2D eigenvalue weighted by Crippen LogP contribution is -2.38. The Morgan fingerprint density at radius 1 is 1.09 bits per heavy atom. The standard InChI is InChI=1S/C13H29NO6S2Si/c1-21(15,16)14-9-12(10-19-6-7-23(3,4)5)8-13(14)11-20-22(2,17)18/h12-13H,6-11H2,1-5H3/t12-,13+/m0/s1. The van der Waals surface area contributed by atoms with Gasteiger partial charge < -0.3 is 4.74 Å². The van der Waals surface area contributed by atoms with E-state index in [4.69, 9.17) is 8.92 Å². The quantitative estimate of drug-likeness (QED) is 0.333. The Balaban J connectivity index is 2.55. The van der Waals surface area contributed by atoms with Crippen molar-refractivity contribution in [1.29, 1.82) is 0 Å². The fraction of sp³-hybridized carbons (Fsp3) is 1.00. The van der Waals surface area contributed by atoms with E-state index >= 15 is 0 Å². The average Bonchev–Trinajstić information content (AvgIpc) is 2.73. The zero-order chi connectivity index (χ0) is 17.9. The molecule has 0 N–H and O–H groups in total. The third kappa shape index (κ3) is 8.59. The normalized spacial score (nSPS) is 24.2. The first-order valence-electron chi connectivity index (χ1n) is 7.67. The topological polar surface area (TPSA) is 90.0 Å². The molecule has 0 aromatic carbocycles. The van der Waals surface area contributed by atoms with Gasteiger partial charge in [0.1, 0.15) is 0 Å². The lowest BCUT2D eigenvalue weighted by Gasteiger charge is -2.21. The summed E-state index contributed by atoms with van der Waals surface area (Å²) >= 11 is 0. The van der Waals surface area contributed by atoms with Crippen LogP contribution in [-0.2, 0) is 29.1 Å². The van der Waals surface area contributed by atoms with Gasteiger partial charge in [-0.3, -0.25) is 4.18 Å². The summed E-state index contributed by atoms with van der Waals surface area (Å²) in [7, 11) is -8.12. The molecule has 0 unspecified atom stereocenters. The van der Waals surface area contributed by atoms with Gasteiger partial charge in [0.05, 0.1) is 31.8 Å². The predicted octanol–water partition coefficient (Wildman–Crippen LogP) is 0.968. The zero-order valence-electron chi connectivity index (χ0n) is 14.6. The number of hydrogen-bond donors (Lipinski definition) is 0. The highest BCUT2D eigenvalue weighted by molar-refractivity contribution is 7.88. The van der Waals surface area contributed by atoms with Crippen LogP contribution in [0.5, 0.6) is 0 Å². The molecular weight excluding hydrogens is 358 g/mol. The van der Waals surface area contributed by atoms with Crippen molar-refractivity contribution in [3.8, 4) is 0 Å². The molecule has 0 aliphatic carbocycles. The summed E-state index contributed by atoms with van der Waals surface area (Å²) in [6.45, 7) is 8.21. The minimum absolute atomic E-state index is 0.0690. The summed E-state index contributed by atoms with van der Waals surface area (Å²) in [6.07, 6.45) is 2.65. The van der Waals surface area contributed by atoms with Gasteiger partial charge >= 0.3 is 0 Å². The van der Waals surface area contributed by atoms with Crippen LogP contribution in [0, 0.1) is 5.92 Å². The maximum Gasteiger partial charge on any atom is 0.264 e. The van der Waals surface area contributed by atoms with Gasteiger partial charge in [-0.25, -0.2) is 8.42 Å². The van der Waals surface area contributed by atoms with Gasteiger partial charge in [0.15, 0.2) is 0 Å². The van der Waals surface area contributed by atoms with Crippen molar-refractivity contribution < 1.29 is 25.8 Å². The molecule has 1 saturated heterocycles. The highest BCUT2D eigenvalue weighted by Crippen LogP contribution is 2.26. The van der Waals surface area contributed by atoms with Crippen LogP contribution in [-0.4, -0.2) is 74.1 Å². The second-order valence-electron chi connectivity index (χ2n) is 7.46. The average molecular weight is 388 g/mol. The molecule has 1 aliphatic rings. The molecule has 0 saturated carbocycles. The number of hydrogen-bond acceptors (Lipinski definition) is 6. The SMILES string of the molecule is C[Si](C)(C)CCOC[C@H]1C[C@H](COS(C)(=O)=O)N(S(C)(=O)=O)C1. The molecule has 7 nitrogen and oxygen atoms in total. The zero-order valence-corrected chi connectivity index (χ0v) is 17.2. The van der Waals surface area contributed by atoms with Crippen LogP contribution in [0.15, 0.2) is 0 Å². The maximum atomic E-state index is 11.9. The van der Waals surface area contributed by atoms with Gasteiger partial charge in [-0.15, -0.1) is 0 Å². The summed E-state index contributed by atoms with van der Waals surface area (Å²) in [5.41, 5.74) is 0. The number of sulfonamides is 1. The minimum Gasteiger partial charge on any atom is -0.381 e. The molecule has 1 rings (SSSR count). The van der Waals surface area contributed by atoms with Crippen LogP contribution in [0.2, 0.25) is 25.7 Å². The highest BCUT2D eigenvalue weighted by atomic mass is 32.2. The van der Waals surface area contributed by atoms with E-state index in [0.29, 0.717) is 26.2 Å². The molecule has 2 atom stereocenters. The summed E-state index contributed by atoms with van der Waals surface area (Å²) in [5, 5.41) is 0. The Bertz CT molecular complexity index is 584. The van der Waals surface area contributed by atoms with Gasteiger partial charge in [0.2, 0.25) is 10.0 Å². The van der Waals surface area contributed by atoms with Gasteiger partial charge in [-0.05, 0) is 18.4 Å². The fourth-order valence-electron chi connectivity index (χ4n) is 2.49. The number of nitrogens with zero attached hydrogens (tertiary/aromatic N) is 1. The monoisotopic (exact) mass is 387 g/mol. The molecule has 23 heavy (non-hydrogen) atoms. The molecule has 1 fully saturated rings. The van der Waals surface area contributed by atoms with Crippen molar-refractivity contribution >= 4 is 28.2 Å². The van der Waals surface area contributed by atoms with Gasteiger partial charge in [0.25, 0.3) is 10.1 Å². The lowest BCUT2D eigenvalue weighted by molar-refractivity contribution is 0.113. The second kappa shape index (κ2) is 7.92. The Morgan fingerprint density at radius 3 is 2.17 bits per heavy atom. The van der Waals surface area contributed by atoms with Crippen LogP contribution in [0.1, 0.15) is 6.42 Å². The minimum atomic E-state index is -3.58. The van der Waals surface area contributed by atoms with Gasteiger partial charge in [-0.1, -0.05) is 19.6 Å². The third-order valence-electron chi connectivity index (χ3n) is 3.70. The predicted molar refractivity (Wildman–Crippen MR) is 93.2 cm³/mol. The summed E-state index contributed by atoms with van der Waals surface area (Å²) < 4.78 is 57.8. The van der Waals surface area contributed by atoms with E-state index in [0.717, 1.165) is 18.6 Å². The van der Waals surface area contributed by atoms with Crippen molar-refractivity contribution in [1.82, 2.24) is 4.31 Å². The second-order valence-corrected chi connectivity index (χ2v) is 16.7. The van der Waals surface area contributed by atoms with E-state index in [1.54, 1.807) is 0 Å². The van der Waals surface area contributed by atoms with Gasteiger partial charge in [0, 0.05) is 21.2 Å². The maximum absolute atomic E-state index is 11.9. The lowest BCUT2D eigenvalue weighted by atomic mass is 10.1. The van der Waals surface area contributed by atoms with Crippen molar-refractivity contribution in [3.05, 3.63) is 0 Å². The van der Waals surface area contributed by atoms with E-state index in [-0.39, 0.29) is 12.5 Å². The largest absolute Gasteiger partial charge is 0.381 e. The van der Waals surface area contributed by atoms with Crippen molar-refractivity contribution in [2.45, 2.75) is 38.1 Å². The molecule has 0 aromatic heterocycles. The van der Waals surface area contributed by atoms with E-state index in [1.165, 1.54) is 4.31 Å². The van der Waals surface area contributed by atoms with Crippen LogP contribution in [0.3, 0.4) is 0 Å². The first kappa shape index (κ1) is 21.0. The Morgan fingerprint density at radius 2 is 1.70 bits per heavy atom. The van der Waals surface area contributed by atoms with E-state index in [9.17, 15) is 16.8 Å². The molecule has 0 amide bonds. The molecule has 0 bridgehead atoms. The number of rotatable bonds is 9. The highest BCUT2D eigenvalue weighted by Gasteiger charge is 2.38. The summed E-state index contributed by atoms with van der Waals surface area (Å²) in [5.74, 6) is 0.0690. The van der Waals surface area contributed by atoms with Gasteiger partial charge in [-0.2, -0.15) is 12.7 Å². The molecule has 138 valence electrons. The third-order valence-corrected chi connectivity index (χ3v) is 7.27. The summed E-state index contributed by atoms with van der Waals surface area (Å²) in [4.78, 5) is 0. The Kier molecular flexibility index (Phi) is 7.24. The molecule has 0 spiro atoms. The van der Waals surface area contributed by atoms with Crippen LogP contribution < -0.4 is 0 Å². The first-order chi connectivity index (χ1) is 10.3.